The number of hydrogen-bond donors (Lipinski definition) is 2. The number of amides is 2. The molecular weight excluding hydrogens is 196 g/mol. The van der Waals surface area contributed by atoms with Gasteiger partial charge in [-0.2, -0.15) is 0 Å². The van der Waals surface area contributed by atoms with Gasteiger partial charge in [-0.1, -0.05) is 20.3 Å². The third-order valence-electron chi connectivity index (χ3n) is 2.61. The molecule has 0 unspecified atom stereocenters. The van der Waals surface area contributed by atoms with Crippen LogP contribution < -0.4 is 9.96 Å². The van der Waals surface area contributed by atoms with Crippen molar-refractivity contribution in [3.8, 4) is 0 Å². The third kappa shape index (κ3) is 2.57. The van der Waals surface area contributed by atoms with Gasteiger partial charge in [0.05, 0.1) is 0 Å². The summed E-state index contributed by atoms with van der Waals surface area (Å²) >= 11 is 0. The Balaban J connectivity index is 2.49. The lowest BCUT2D eigenvalue weighted by Crippen LogP contribution is -2.69. The van der Waals surface area contributed by atoms with Gasteiger partial charge in [0.1, 0.15) is 0 Å². The summed E-state index contributed by atoms with van der Waals surface area (Å²) in [5.41, 5.74) is 0. The fourth-order valence-electron chi connectivity index (χ4n) is 1.52. The van der Waals surface area contributed by atoms with E-state index < -0.39 is 8.40 Å². The molecule has 0 saturated carbocycles. The van der Waals surface area contributed by atoms with Crippen molar-refractivity contribution in [2.45, 2.75) is 45.2 Å². The van der Waals surface area contributed by atoms with Crippen molar-refractivity contribution in [1.82, 2.24) is 9.96 Å². The van der Waals surface area contributed by atoms with E-state index in [2.05, 4.69) is 9.96 Å². The summed E-state index contributed by atoms with van der Waals surface area (Å²) < 4.78 is 0. The molecule has 4 nitrogen and oxygen atoms in total. The summed E-state index contributed by atoms with van der Waals surface area (Å²) in [4.78, 5) is 28.6. The molecule has 5 heteroatoms. The quantitative estimate of drug-likeness (QED) is 0.683. The standard InChI is InChI=1S/C9H18N2O2Si/c1-3-8(12)10-14(6-5-7-14)11-9(13)4-2/h3-7H2,1-2H3,(H,10,12)(H,11,13). The van der Waals surface area contributed by atoms with Crippen molar-refractivity contribution in [3.05, 3.63) is 0 Å². The maximum Gasteiger partial charge on any atom is 0.263 e. The van der Waals surface area contributed by atoms with Crippen LogP contribution in [0.4, 0.5) is 0 Å². The Morgan fingerprint density at radius 1 is 1.07 bits per heavy atom. The smallest absolute Gasteiger partial charge is 0.263 e. The first-order chi connectivity index (χ1) is 6.62. The summed E-state index contributed by atoms with van der Waals surface area (Å²) in [5, 5.41) is 0. The lowest BCUT2D eigenvalue weighted by molar-refractivity contribution is -0.119. The number of nitrogens with one attached hydrogen (secondary N) is 2. The van der Waals surface area contributed by atoms with Gasteiger partial charge in [-0.05, 0) is 12.1 Å². The second-order valence-corrected chi connectivity index (χ2v) is 7.40. The maximum absolute atomic E-state index is 11.3. The Labute approximate surface area is 85.6 Å². The van der Waals surface area contributed by atoms with Crippen LogP contribution in [0.3, 0.4) is 0 Å². The molecule has 1 heterocycles. The lowest BCUT2D eigenvalue weighted by Gasteiger charge is -2.39. The van der Waals surface area contributed by atoms with Crippen LogP contribution >= 0.6 is 0 Å². The third-order valence-corrected chi connectivity index (χ3v) is 6.54. The van der Waals surface area contributed by atoms with E-state index in [1.54, 1.807) is 0 Å². The Bertz CT molecular complexity index is 219. The molecule has 0 aliphatic carbocycles. The monoisotopic (exact) mass is 214 g/mol. The van der Waals surface area contributed by atoms with E-state index in [9.17, 15) is 9.59 Å². The number of hydrogen-bond acceptors (Lipinski definition) is 2. The van der Waals surface area contributed by atoms with Crippen molar-refractivity contribution in [1.29, 1.82) is 0 Å². The first kappa shape index (κ1) is 11.2. The van der Waals surface area contributed by atoms with Crippen molar-refractivity contribution in [2.24, 2.45) is 0 Å². The predicted octanol–water partition coefficient (Wildman–Crippen LogP) is 0.885. The number of rotatable bonds is 4. The highest BCUT2D eigenvalue weighted by molar-refractivity contribution is 6.81. The minimum atomic E-state index is -1.91. The largest absolute Gasteiger partial charge is 0.365 e. The molecule has 0 aromatic rings. The molecule has 0 bridgehead atoms. The fraction of sp³-hybridized carbons (Fsp3) is 0.778. The van der Waals surface area contributed by atoms with Gasteiger partial charge in [0.15, 0.2) is 0 Å². The van der Waals surface area contributed by atoms with Crippen LogP contribution in [0.5, 0.6) is 0 Å². The minimum Gasteiger partial charge on any atom is -0.365 e. The highest BCUT2D eigenvalue weighted by Crippen LogP contribution is 2.27. The number of carbonyl (C=O) groups is 2. The van der Waals surface area contributed by atoms with Gasteiger partial charge < -0.3 is 9.96 Å². The Kier molecular flexibility index (Phi) is 3.68. The molecule has 0 radical (unpaired) electrons. The van der Waals surface area contributed by atoms with Crippen molar-refractivity contribution < 1.29 is 9.59 Å². The Morgan fingerprint density at radius 2 is 1.50 bits per heavy atom. The van der Waals surface area contributed by atoms with Crippen LogP contribution in [0, 0.1) is 0 Å². The van der Waals surface area contributed by atoms with E-state index in [0.29, 0.717) is 12.8 Å². The molecule has 1 saturated heterocycles. The Morgan fingerprint density at radius 3 is 1.71 bits per heavy atom. The van der Waals surface area contributed by atoms with Gasteiger partial charge >= 0.3 is 0 Å². The van der Waals surface area contributed by atoms with E-state index in [1.807, 2.05) is 13.8 Å². The fourth-order valence-corrected chi connectivity index (χ4v) is 4.57. The SMILES string of the molecule is CCC(=O)N[Si]1(NC(=O)CC)CCC1. The van der Waals surface area contributed by atoms with Gasteiger partial charge in [-0.3, -0.25) is 9.59 Å². The van der Waals surface area contributed by atoms with E-state index in [4.69, 9.17) is 0 Å². The van der Waals surface area contributed by atoms with Crippen LogP contribution in [0.25, 0.3) is 0 Å². The van der Waals surface area contributed by atoms with Crippen molar-refractivity contribution in [2.75, 3.05) is 0 Å². The van der Waals surface area contributed by atoms with E-state index in [-0.39, 0.29) is 11.8 Å². The molecule has 0 aromatic carbocycles. The first-order valence-electron chi connectivity index (χ1n) is 5.24. The van der Waals surface area contributed by atoms with Crippen molar-refractivity contribution in [3.63, 3.8) is 0 Å². The molecule has 2 amide bonds. The average molecular weight is 214 g/mol. The van der Waals surface area contributed by atoms with Gasteiger partial charge in [-0.25, -0.2) is 0 Å². The summed E-state index contributed by atoms with van der Waals surface area (Å²) in [5.74, 6) is 0.125. The van der Waals surface area contributed by atoms with Crippen LogP contribution in [-0.2, 0) is 9.59 Å². The molecule has 0 atom stereocenters. The topological polar surface area (TPSA) is 58.2 Å². The van der Waals surface area contributed by atoms with Crippen molar-refractivity contribution >= 4 is 20.2 Å². The normalized spacial score (nSPS) is 18.1. The van der Waals surface area contributed by atoms with E-state index >= 15 is 0 Å². The van der Waals surface area contributed by atoms with Crippen LogP contribution in [0.2, 0.25) is 12.1 Å². The molecule has 80 valence electrons. The Hall–Kier alpha value is -0.843. The zero-order valence-electron chi connectivity index (χ0n) is 8.85. The number of carbonyl (C=O) groups excluding carboxylic acids is 2. The van der Waals surface area contributed by atoms with Crippen LogP contribution in [0.15, 0.2) is 0 Å². The van der Waals surface area contributed by atoms with Gasteiger partial charge in [0.25, 0.3) is 8.40 Å². The molecule has 14 heavy (non-hydrogen) atoms. The highest BCUT2D eigenvalue weighted by Gasteiger charge is 2.43. The van der Waals surface area contributed by atoms with Gasteiger partial charge in [0, 0.05) is 12.8 Å². The molecular formula is C9H18N2O2Si. The summed E-state index contributed by atoms with van der Waals surface area (Å²) in [6.07, 6.45) is 2.12. The molecule has 1 aliphatic rings. The molecule has 1 aliphatic heterocycles. The van der Waals surface area contributed by atoms with Crippen LogP contribution in [0.1, 0.15) is 33.1 Å². The summed E-state index contributed by atoms with van der Waals surface area (Å²) in [6.45, 7) is 3.66. The first-order valence-corrected chi connectivity index (χ1v) is 7.65. The molecule has 0 spiro atoms. The lowest BCUT2D eigenvalue weighted by atomic mass is 10.5. The second-order valence-electron chi connectivity index (χ2n) is 3.74. The summed E-state index contributed by atoms with van der Waals surface area (Å²) in [7, 11) is -1.91. The minimum absolute atomic E-state index is 0.0627. The van der Waals surface area contributed by atoms with Gasteiger partial charge in [-0.15, -0.1) is 0 Å². The van der Waals surface area contributed by atoms with E-state index in [1.165, 1.54) is 0 Å². The van der Waals surface area contributed by atoms with Crippen LogP contribution in [-0.4, -0.2) is 20.2 Å². The zero-order valence-corrected chi connectivity index (χ0v) is 9.85. The summed E-state index contributed by atoms with van der Waals surface area (Å²) in [6, 6.07) is 1.98. The predicted molar refractivity (Wildman–Crippen MR) is 56.9 cm³/mol. The highest BCUT2D eigenvalue weighted by atomic mass is 28.3. The van der Waals surface area contributed by atoms with E-state index in [0.717, 1.165) is 18.5 Å². The van der Waals surface area contributed by atoms with Gasteiger partial charge in [0.2, 0.25) is 11.8 Å². The second kappa shape index (κ2) is 4.59. The molecule has 1 rings (SSSR count). The molecule has 0 aromatic heterocycles. The maximum atomic E-state index is 11.3. The average Bonchev–Trinajstić information content (AvgIpc) is 2.13. The molecule has 2 N–H and O–H groups in total. The zero-order chi connectivity index (χ0) is 10.6. The molecule has 1 fully saturated rings.